The lowest BCUT2D eigenvalue weighted by Crippen LogP contribution is -2.59. The highest BCUT2D eigenvalue weighted by Crippen LogP contribution is 2.34. The average Bonchev–Trinajstić information content (AvgIpc) is 3.22. The summed E-state index contributed by atoms with van der Waals surface area (Å²) in [6, 6.07) is 12.0. The number of para-hydroxylation sites is 1. The van der Waals surface area contributed by atoms with Gasteiger partial charge in [0.15, 0.2) is 0 Å². The van der Waals surface area contributed by atoms with Crippen molar-refractivity contribution in [2.75, 3.05) is 44.6 Å². The minimum Gasteiger partial charge on any atom is -0.506 e. The summed E-state index contributed by atoms with van der Waals surface area (Å²) in [6.07, 6.45) is 4.34. The van der Waals surface area contributed by atoms with Crippen LogP contribution in [0.1, 0.15) is 56.6 Å². The number of aromatic hydroxyl groups is 1. The molecule has 4 aliphatic heterocycles. The van der Waals surface area contributed by atoms with Crippen molar-refractivity contribution in [1.82, 2.24) is 19.6 Å². The molecule has 0 radical (unpaired) electrons. The molecule has 2 aromatic carbocycles. The van der Waals surface area contributed by atoms with Crippen LogP contribution in [0.25, 0.3) is 0 Å². The number of benzene rings is 2. The Morgan fingerprint density at radius 3 is 2.43 bits per heavy atom. The number of piperidine rings is 3. The monoisotopic (exact) mass is 666 g/mol. The van der Waals surface area contributed by atoms with Crippen LogP contribution in [0.2, 0.25) is 5.02 Å². The lowest BCUT2D eigenvalue weighted by atomic mass is 9.82. The quantitative estimate of drug-likeness (QED) is 0.353. The molecule has 2 unspecified atom stereocenters. The van der Waals surface area contributed by atoms with Gasteiger partial charge >= 0.3 is 12.1 Å². The van der Waals surface area contributed by atoms with Crippen LogP contribution in [-0.4, -0.2) is 111 Å². The van der Waals surface area contributed by atoms with E-state index >= 15 is 0 Å². The summed E-state index contributed by atoms with van der Waals surface area (Å²) in [5.74, 6) is -0.817. The number of hydrogen-bond donors (Lipinski definition) is 4. The van der Waals surface area contributed by atoms with Crippen LogP contribution in [0.4, 0.5) is 15.3 Å². The second kappa shape index (κ2) is 13.9. The van der Waals surface area contributed by atoms with Crippen molar-refractivity contribution in [1.29, 1.82) is 0 Å². The number of hydrogen-bond acceptors (Lipinski definition) is 6. The van der Waals surface area contributed by atoms with Gasteiger partial charge in [-0.25, -0.2) is 9.59 Å². The number of fused-ring (bicyclic) bond motifs is 1. The minimum atomic E-state index is -1.07. The number of urea groups is 1. The Hall–Kier alpha value is -3.54. The van der Waals surface area contributed by atoms with E-state index in [-0.39, 0.29) is 47.3 Å². The summed E-state index contributed by atoms with van der Waals surface area (Å²) >= 11 is 6.28. The minimum absolute atomic E-state index is 0.0499. The van der Waals surface area contributed by atoms with Crippen LogP contribution in [0.5, 0.6) is 5.75 Å². The number of phenolic OH excluding ortho intramolecular Hbond substituents is 1. The summed E-state index contributed by atoms with van der Waals surface area (Å²) < 4.78 is 0. The maximum Gasteiger partial charge on any atom is 0.407 e. The summed E-state index contributed by atoms with van der Waals surface area (Å²) in [5, 5.41) is 23.6. The first-order valence-corrected chi connectivity index (χ1v) is 17.3. The van der Waals surface area contributed by atoms with Crippen molar-refractivity contribution >= 4 is 35.3 Å². The topological polar surface area (TPSA) is 143 Å². The third kappa shape index (κ3) is 7.47. The smallest absolute Gasteiger partial charge is 0.407 e. The van der Waals surface area contributed by atoms with Crippen molar-refractivity contribution in [3.63, 3.8) is 0 Å². The molecular formula is C35H47ClN6O5. The fourth-order valence-corrected chi connectivity index (χ4v) is 8.23. The molecule has 0 bridgehead atoms. The van der Waals surface area contributed by atoms with Gasteiger partial charge in [-0.2, -0.15) is 0 Å². The van der Waals surface area contributed by atoms with Crippen molar-refractivity contribution in [3.05, 3.63) is 58.6 Å². The Morgan fingerprint density at radius 2 is 1.72 bits per heavy atom. The standard InChI is InChI=1S/C35H47ClN6O5/c1-35(37)12-18-39(19-13-35)25-9-14-40(15-10-25)32(44)27(20-23-6-7-31(43)28(36)21-23)30-22-26(11-17-42(30)34(46)47)41-16-8-24-4-2-3-5-29(24)38-33(41)45/h2-7,21,25-27,30,43H,8-20,22,37H2,1H3,(H,38,45)(H,46,47)/t26?,27?,30-/m1/s1. The molecule has 47 heavy (non-hydrogen) atoms. The number of nitrogens with two attached hydrogens (primary N) is 1. The van der Waals surface area contributed by atoms with Gasteiger partial charge < -0.3 is 40.9 Å². The maximum absolute atomic E-state index is 14.5. The van der Waals surface area contributed by atoms with Gasteiger partial charge in [-0.15, -0.1) is 0 Å². The van der Waals surface area contributed by atoms with E-state index in [0.717, 1.165) is 55.6 Å². The van der Waals surface area contributed by atoms with Crippen molar-refractivity contribution in [3.8, 4) is 5.75 Å². The Labute approximate surface area is 281 Å². The first-order chi connectivity index (χ1) is 22.5. The number of nitrogens with zero attached hydrogens (tertiary/aromatic N) is 4. The molecule has 4 aliphatic rings. The fourth-order valence-electron chi connectivity index (χ4n) is 8.02. The van der Waals surface area contributed by atoms with E-state index in [1.54, 1.807) is 12.1 Å². The van der Waals surface area contributed by atoms with Crippen LogP contribution >= 0.6 is 11.6 Å². The van der Waals surface area contributed by atoms with Gasteiger partial charge in [0.05, 0.1) is 10.9 Å². The van der Waals surface area contributed by atoms with Crippen LogP contribution in [0, 0.1) is 5.92 Å². The molecule has 6 rings (SSSR count). The zero-order chi connectivity index (χ0) is 33.3. The normalized spacial score (nSPS) is 24.7. The molecule has 5 N–H and O–H groups in total. The molecule has 4 amide bonds. The Balaban J connectivity index is 1.23. The largest absolute Gasteiger partial charge is 0.506 e. The predicted molar refractivity (Wildman–Crippen MR) is 181 cm³/mol. The van der Waals surface area contributed by atoms with E-state index in [1.807, 2.05) is 34.1 Å². The number of nitrogens with one attached hydrogen (secondary N) is 1. The number of carboxylic acid groups (broad SMARTS) is 1. The van der Waals surface area contributed by atoms with E-state index in [9.17, 15) is 24.6 Å². The molecule has 0 aliphatic carbocycles. The molecule has 3 atom stereocenters. The highest BCUT2D eigenvalue weighted by atomic mass is 35.5. The number of halogens is 1. The number of phenols is 1. The van der Waals surface area contributed by atoms with Gasteiger partial charge in [-0.1, -0.05) is 35.9 Å². The molecule has 0 saturated carbocycles. The maximum atomic E-state index is 14.5. The van der Waals surface area contributed by atoms with Crippen LogP contribution < -0.4 is 11.1 Å². The second-order valence-electron chi connectivity index (χ2n) is 14.1. The summed E-state index contributed by atoms with van der Waals surface area (Å²) in [5.41, 5.74) is 8.85. The zero-order valence-electron chi connectivity index (χ0n) is 27.1. The number of rotatable bonds is 6. The van der Waals surface area contributed by atoms with E-state index in [0.29, 0.717) is 44.9 Å². The molecule has 0 aromatic heterocycles. The summed E-state index contributed by atoms with van der Waals surface area (Å²) in [6.45, 7) is 5.96. The van der Waals surface area contributed by atoms with Crippen molar-refractivity contribution in [2.45, 2.75) is 82.0 Å². The number of carbonyl (C=O) groups excluding carboxylic acids is 2. The third-order valence-corrected chi connectivity index (χ3v) is 11.2. The Bertz CT molecular complexity index is 1470. The number of anilines is 1. The first-order valence-electron chi connectivity index (χ1n) is 16.9. The van der Waals surface area contributed by atoms with Gasteiger partial charge in [0.1, 0.15) is 5.75 Å². The highest BCUT2D eigenvalue weighted by molar-refractivity contribution is 6.32. The van der Waals surface area contributed by atoms with Gasteiger partial charge in [0.25, 0.3) is 0 Å². The number of carbonyl (C=O) groups is 3. The highest BCUT2D eigenvalue weighted by Gasteiger charge is 2.44. The Morgan fingerprint density at radius 1 is 1.02 bits per heavy atom. The van der Waals surface area contributed by atoms with Gasteiger partial charge in [0.2, 0.25) is 5.91 Å². The summed E-state index contributed by atoms with van der Waals surface area (Å²) in [4.78, 5) is 48.3. The molecule has 3 saturated heterocycles. The van der Waals surface area contributed by atoms with Crippen LogP contribution in [0.15, 0.2) is 42.5 Å². The molecule has 254 valence electrons. The van der Waals surface area contributed by atoms with E-state index in [4.69, 9.17) is 17.3 Å². The summed E-state index contributed by atoms with van der Waals surface area (Å²) in [7, 11) is 0. The second-order valence-corrected chi connectivity index (χ2v) is 14.5. The van der Waals surface area contributed by atoms with Gasteiger partial charge in [0, 0.05) is 68.6 Å². The molecule has 0 spiro atoms. The average molecular weight is 667 g/mol. The van der Waals surface area contributed by atoms with Gasteiger partial charge in [-0.3, -0.25) is 4.79 Å². The molecule has 3 fully saturated rings. The molecule has 11 nitrogen and oxygen atoms in total. The number of amides is 4. The first kappa shape index (κ1) is 33.4. The van der Waals surface area contributed by atoms with Crippen LogP contribution in [0.3, 0.4) is 0 Å². The van der Waals surface area contributed by atoms with Crippen molar-refractivity contribution < 1.29 is 24.6 Å². The van der Waals surface area contributed by atoms with E-state index < -0.39 is 18.1 Å². The number of likely N-dealkylation sites (tertiary alicyclic amines) is 3. The SMILES string of the molecule is CC1(N)CCN(C2CCN(C(=O)C(Cc3ccc(O)c(Cl)c3)[C@H]3CC(N4CCc5ccccc5NC4=O)CCN3C(=O)O)CC2)CC1. The van der Waals surface area contributed by atoms with E-state index in [2.05, 4.69) is 17.1 Å². The Kier molecular flexibility index (Phi) is 9.87. The lowest BCUT2D eigenvalue weighted by Gasteiger charge is -2.47. The van der Waals surface area contributed by atoms with Crippen molar-refractivity contribution in [2.24, 2.45) is 11.7 Å². The predicted octanol–water partition coefficient (Wildman–Crippen LogP) is 4.61. The molecule has 4 heterocycles. The van der Waals surface area contributed by atoms with E-state index in [1.165, 1.54) is 11.0 Å². The molecular weight excluding hydrogens is 620 g/mol. The molecule has 12 heteroatoms. The van der Waals surface area contributed by atoms with Crippen LogP contribution in [-0.2, 0) is 17.6 Å². The zero-order valence-corrected chi connectivity index (χ0v) is 27.9. The van der Waals surface area contributed by atoms with Gasteiger partial charge in [-0.05, 0) is 87.6 Å². The third-order valence-electron chi connectivity index (χ3n) is 10.9. The lowest BCUT2D eigenvalue weighted by molar-refractivity contribution is -0.140. The fraction of sp³-hybridized carbons (Fsp3) is 0.571. The molecule has 2 aromatic rings.